The van der Waals surface area contributed by atoms with Crippen molar-refractivity contribution in [3.05, 3.63) is 26.6 Å². The highest BCUT2D eigenvalue weighted by molar-refractivity contribution is 7.99. The SMILES string of the molecule is O=C(NCC1CCSC1)c1nc2sc3c(c2c(=O)[nH]1)CCC3. The van der Waals surface area contributed by atoms with E-state index in [1.165, 1.54) is 10.6 Å². The number of aromatic nitrogens is 2. The lowest BCUT2D eigenvalue weighted by atomic mass is 10.1. The van der Waals surface area contributed by atoms with Crippen LogP contribution in [0.4, 0.5) is 0 Å². The first kappa shape index (κ1) is 14.3. The molecule has 1 aliphatic heterocycles. The number of nitrogens with one attached hydrogen (secondary N) is 2. The van der Waals surface area contributed by atoms with Gasteiger partial charge in [-0.1, -0.05) is 0 Å². The van der Waals surface area contributed by atoms with Crippen molar-refractivity contribution in [1.29, 1.82) is 0 Å². The monoisotopic (exact) mass is 335 g/mol. The molecule has 22 heavy (non-hydrogen) atoms. The maximum Gasteiger partial charge on any atom is 0.287 e. The molecule has 0 radical (unpaired) electrons. The Hall–Kier alpha value is -1.34. The number of aromatic amines is 1. The lowest BCUT2D eigenvalue weighted by Gasteiger charge is -2.09. The zero-order valence-corrected chi connectivity index (χ0v) is 13.7. The molecule has 0 saturated carbocycles. The molecule has 1 unspecified atom stereocenters. The predicted octanol–water partition coefficient (Wildman–Crippen LogP) is 1.96. The molecule has 1 atom stereocenters. The molecule has 0 aromatic carbocycles. The lowest BCUT2D eigenvalue weighted by molar-refractivity contribution is 0.0938. The Morgan fingerprint density at radius 2 is 2.32 bits per heavy atom. The number of amides is 1. The summed E-state index contributed by atoms with van der Waals surface area (Å²) in [4.78, 5) is 33.6. The van der Waals surface area contributed by atoms with Gasteiger partial charge in [0.05, 0.1) is 5.39 Å². The Morgan fingerprint density at radius 1 is 1.41 bits per heavy atom. The van der Waals surface area contributed by atoms with Gasteiger partial charge in [-0.3, -0.25) is 9.59 Å². The molecule has 1 aliphatic carbocycles. The Labute approximate surface area is 135 Å². The fraction of sp³-hybridized carbons (Fsp3) is 0.533. The van der Waals surface area contributed by atoms with E-state index >= 15 is 0 Å². The van der Waals surface area contributed by atoms with E-state index in [0.29, 0.717) is 22.7 Å². The summed E-state index contributed by atoms with van der Waals surface area (Å²) in [7, 11) is 0. The largest absolute Gasteiger partial charge is 0.349 e. The van der Waals surface area contributed by atoms with Gasteiger partial charge in [-0.25, -0.2) is 4.98 Å². The van der Waals surface area contributed by atoms with Crippen molar-refractivity contribution in [3.63, 3.8) is 0 Å². The van der Waals surface area contributed by atoms with Gasteiger partial charge in [0, 0.05) is 11.4 Å². The second-order valence-electron chi connectivity index (χ2n) is 5.89. The van der Waals surface area contributed by atoms with E-state index in [-0.39, 0.29) is 17.3 Å². The Bertz CT molecular complexity index is 790. The first-order valence-electron chi connectivity index (χ1n) is 7.63. The van der Waals surface area contributed by atoms with Gasteiger partial charge in [0.15, 0.2) is 0 Å². The number of H-pyrrole nitrogens is 1. The van der Waals surface area contributed by atoms with E-state index in [9.17, 15) is 9.59 Å². The average Bonchev–Trinajstić information content (AvgIpc) is 3.20. The minimum absolute atomic E-state index is 0.142. The van der Waals surface area contributed by atoms with Gasteiger partial charge in [-0.15, -0.1) is 11.3 Å². The number of rotatable bonds is 3. The smallest absolute Gasteiger partial charge is 0.287 e. The Balaban J connectivity index is 1.59. The molecule has 4 rings (SSSR count). The molecule has 5 nitrogen and oxygen atoms in total. The van der Waals surface area contributed by atoms with Crippen LogP contribution in [0.2, 0.25) is 0 Å². The van der Waals surface area contributed by atoms with Crippen molar-refractivity contribution in [1.82, 2.24) is 15.3 Å². The fourth-order valence-electron chi connectivity index (χ4n) is 3.17. The van der Waals surface area contributed by atoms with Crippen molar-refractivity contribution in [2.24, 2.45) is 5.92 Å². The highest BCUT2D eigenvalue weighted by atomic mass is 32.2. The van der Waals surface area contributed by atoms with Gasteiger partial charge < -0.3 is 10.3 Å². The van der Waals surface area contributed by atoms with Crippen LogP contribution in [0.5, 0.6) is 0 Å². The summed E-state index contributed by atoms with van der Waals surface area (Å²) in [6, 6.07) is 0. The second-order valence-corrected chi connectivity index (χ2v) is 8.13. The number of hydrogen-bond donors (Lipinski definition) is 2. The molecular formula is C15H17N3O2S2. The minimum atomic E-state index is -0.274. The molecule has 3 heterocycles. The van der Waals surface area contributed by atoms with Crippen LogP contribution in [0.3, 0.4) is 0 Å². The van der Waals surface area contributed by atoms with E-state index in [0.717, 1.165) is 37.0 Å². The zero-order valence-electron chi connectivity index (χ0n) is 12.1. The highest BCUT2D eigenvalue weighted by Crippen LogP contribution is 2.34. The van der Waals surface area contributed by atoms with Gasteiger partial charge >= 0.3 is 0 Å². The van der Waals surface area contributed by atoms with Gasteiger partial charge in [-0.05, 0) is 48.7 Å². The number of thioether (sulfide) groups is 1. The molecule has 2 aromatic rings. The quantitative estimate of drug-likeness (QED) is 0.899. The Kier molecular flexibility index (Phi) is 3.69. The molecular weight excluding hydrogens is 318 g/mol. The van der Waals surface area contributed by atoms with E-state index in [1.54, 1.807) is 11.3 Å². The van der Waals surface area contributed by atoms with Crippen molar-refractivity contribution < 1.29 is 4.79 Å². The van der Waals surface area contributed by atoms with Crippen LogP contribution in [0.1, 0.15) is 33.9 Å². The van der Waals surface area contributed by atoms with Crippen LogP contribution < -0.4 is 10.9 Å². The summed E-state index contributed by atoms with van der Waals surface area (Å²) >= 11 is 3.49. The molecule has 1 fully saturated rings. The maximum atomic E-state index is 12.3. The zero-order chi connectivity index (χ0) is 15.1. The number of hydrogen-bond acceptors (Lipinski definition) is 5. The van der Waals surface area contributed by atoms with Gasteiger partial charge in [0.1, 0.15) is 4.83 Å². The number of aryl methyl sites for hydroxylation is 2. The predicted molar refractivity (Wildman–Crippen MR) is 90.0 cm³/mol. The van der Waals surface area contributed by atoms with Crippen molar-refractivity contribution in [3.8, 4) is 0 Å². The van der Waals surface area contributed by atoms with Crippen LogP contribution in [-0.2, 0) is 12.8 Å². The van der Waals surface area contributed by atoms with Gasteiger partial charge in [0.2, 0.25) is 5.82 Å². The van der Waals surface area contributed by atoms with E-state index in [1.807, 2.05) is 11.8 Å². The number of carbonyl (C=O) groups excluding carboxylic acids is 1. The summed E-state index contributed by atoms with van der Waals surface area (Å²) in [5, 5.41) is 3.60. The van der Waals surface area contributed by atoms with Crippen molar-refractivity contribution >= 4 is 39.2 Å². The minimum Gasteiger partial charge on any atom is -0.349 e. The average molecular weight is 335 g/mol. The molecule has 116 valence electrons. The first-order chi connectivity index (χ1) is 10.7. The second kappa shape index (κ2) is 5.70. The highest BCUT2D eigenvalue weighted by Gasteiger charge is 2.23. The molecule has 2 aromatic heterocycles. The summed E-state index contributed by atoms with van der Waals surface area (Å²) in [5.41, 5.74) is 0.967. The van der Waals surface area contributed by atoms with Gasteiger partial charge in [-0.2, -0.15) is 11.8 Å². The van der Waals surface area contributed by atoms with Crippen LogP contribution in [0, 0.1) is 5.92 Å². The molecule has 0 bridgehead atoms. The third-order valence-corrected chi connectivity index (χ3v) is 6.78. The number of thiophene rings is 1. The summed E-state index contributed by atoms with van der Waals surface area (Å²) in [6.45, 7) is 0.661. The van der Waals surface area contributed by atoms with E-state index in [4.69, 9.17) is 0 Å². The Morgan fingerprint density at radius 3 is 3.14 bits per heavy atom. The van der Waals surface area contributed by atoms with Crippen LogP contribution in [0.25, 0.3) is 10.2 Å². The fourth-order valence-corrected chi connectivity index (χ4v) is 5.72. The van der Waals surface area contributed by atoms with Gasteiger partial charge in [0.25, 0.3) is 11.5 Å². The lowest BCUT2D eigenvalue weighted by Crippen LogP contribution is -2.32. The molecule has 2 aliphatic rings. The first-order valence-corrected chi connectivity index (χ1v) is 9.60. The standard InChI is InChI=1S/C15H17N3O2S2/c19-13-11-9-2-1-3-10(9)22-15(11)18-12(17-13)14(20)16-6-8-4-5-21-7-8/h8H,1-7H2,(H,16,20)(H,17,18,19). The number of carbonyl (C=O) groups is 1. The van der Waals surface area contributed by atoms with Crippen LogP contribution in [-0.4, -0.2) is 33.9 Å². The van der Waals surface area contributed by atoms with Crippen LogP contribution >= 0.6 is 23.1 Å². The summed E-state index contributed by atoms with van der Waals surface area (Å²) in [6.07, 6.45) is 4.23. The molecule has 7 heteroatoms. The number of fused-ring (bicyclic) bond motifs is 3. The molecule has 1 saturated heterocycles. The molecule has 0 spiro atoms. The molecule has 2 N–H and O–H groups in total. The third kappa shape index (κ3) is 2.46. The third-order valence-electron chi connectivity index (χ3n) is 4.37. The van der Waals surface area contributed by atoms with E-state index < -0.39 is 0 Å². The summed E-state index contributed by atoms with van der Waals surface area (Å²) in [5.74, 6) is 2.67. The van der Waals surface area contributed by atoms with Crippen LogP contribution in [0.15, 0.2) is 4.79 Å². The van der Waals surface area contributed by atoms with E-state index in [2.05, 4.69) is 15.3 Å². The number of nitrogens with zero attached hydrogens (tertiary/aromatic N) is 1. The maximum absolute atomic E-state index is 12.3. The topological polar surface area (TPSA) is 74.8 Å². The van der Waals surface area contributed by atoms with Crippen molar-refractivity contribution in [2.75, 3.05) is 18.1 Å². The van der Waals surface area contributed by atoms with Crippen molar-refractivity contribution in [2.45, 2.75) is 25.7 Å². The summed E-state index contributed by atoms with van der Waals surface area (Å²) < 4.78 is 0. The molecule has 1 amide bonds. The normalized spacial score (nSPS) is 20.5.